The van der Waals surface area contributed by atoms with E-state index in [0.717, 1.165) is 0 Å². The minimum atomic E-state index is -0.849. The van der Waals surface area contributed by atoms with Crippen LogP contribution in [0.15, 0.2) is 17.1 Å². The van der Waals surface area contributed by atoms with E-state index in [-0.39, 0.29) is 23.6 Å². The molecule has 1 rings (SSSR count). The van der Waals surface area contributed by atoms with Crippen LogP contribution in [-0.4, -0.2) is 50.6 Å². The van der Waals surface area contributed by atoms with Gasteiger partial charge in [0.2, 0.25) is 0 Å². The molecule has 1 aromatic carbocycles. The van der Waals surface area contributed by atoms with Gasteiger partial charge in [-0.2, -0.15) is 4.99 Å². The Morgan fingerprint density at radius 2 is 1.91 bits per heavy atom. The SMILES string of the molecule is COc1cc(COC(=O)/N=C/N(C)C)c([N+](=O)[O-])cc1OC. The smallest absolute Gasteiger partial charge is 0.435 e. The van der Waals surface area contributed by atoms with Crippen molar-refractivity contribution < 1.29 is 23.9 Å². The van der Waals surface area contributed by atoms with Crippen LogP contribution in [0.25, 0.3) is 0 Å². The molecule has 0 radical (unpaired) electrons. The van der Waals surface area contributed by atoms with E-state index in [2.05, 4.69) is 4.99 Å². The van der Waals surface area contributed by atoms with Gasteiger partial charge < -0.3 is 19.1 Å². The third-order valence-electron chi connectivity index (χ3n) is 2.53. The molecule has 0 atom stereocenters. The predicted molar refractivity (Wildman–Crippen MR) is 78.6 cm³/mol. The summed E-state index contributed by atoms with van der Waals surface area (Å²) in [5, 5.41) is 11.1. The molecule has 120 valence electrons. The molecular formula is C13H17N3O6. The lowest BCUT2D eigenvalue weighted by Gasteiger charge is -2.10. The number of hydrogen-bond donors (Lipinski definition) is 0. The highest BCUT2D eigenvalue weighted by Crippen LogP contribution is 2.34. The third kappa shape index (κ3) is 4.62. The van der Waals surface area contributed by atoms with E-state index in [0.29, 0.717) is 5.75 Å². The van der Waals surface area contributed by atoms with Crippen molar-refractivity contribution in [2.45, 2.75) is 6.61 Å². The number of carbonyl (C=O) groups excluding carboxylic acids is 1. The van der Waals surface area contributed by atoms with Gasteiger partial charge in [-0.15, -0.1) is 0 Å². The van der Waals surface area contributed by atoms with Crippen LogP contribution in [-0.2, 0) is 11.3 Å². The molecule has 0 aromatic heterocycles. The Balaban J connectivity index is 2.97. The summed E-state index contributed by atoms with van der Waals surface area (Å²) in [5.41, 5.74) is -0.0573. The number of amides is 1. The van der Waals surface area contributed by atoms with Crippen molar-refractivity contribution in [3.05, 3.63) is 27.8 Å². The van der Waals surface area contributed by atoms with Gasteiger partial charge in [0.05, 0.1) is 37.1 Å². The molecule has 9 heteroatoms. The Hall–Kier alpha value is -2.84. The van der Waals surface area contributed by atoms with Crippen molar-refractivity contribution >= 4 is 18.1 Å². The van der Waals surface area contributed by atoms with E-state index in [1.165, 1.54) is 32.7 Å². The predicted octanol–water partition coefficient (Wildman–Crippen LogP) is 1.84. The number of rotatable bonds is 6. The second-order valence-corrected chi connectivity index (χ2v) is 4.36. The van der Waals surface area contributed by atoms with Crippen LogP contribution < -0.4 is 9.47 Å². The van der Waals surface area contributed by atoms with Crippen molar-refractivity contribution in [2.24, 2.45) is 4.99 Å². The number of hydrogen-bond acceptors (Lipinski definition) is 6. The maximum absolute atomic E-state index is 11.4. The molecule has 0 saturated heterocycles. The highest BCUT2D eigenvalue weighted by atomic mass is 16.6. The van der Waals surface area contributed by atoms with Gasteiger partial charge in [0.1, 0.15) is 6.61 Å². The molecule has 0 aliphatic carbocycles. The molecule has 0 N–H and O–H groups in total. The zero-order chi connectivity index (χ0) is 16.7. The van der Waals surface area contributed by atoms with Crippen molar-refractivity contribution in [3.8, 4) is 11.5 Å². The second kappa shape index (κ2) is 7.81. The largest absolute Gasteiger partial charge is 0.493 e. The maximum atomic E-state index is 11.4. The summed E-state index contributed by atoms with van der Waals surface area (Å²) in [5.74, 6) is 0.519. The third-order valence-corrected chi connectivity index (χ3v) is 2.53. The molecule has 0 spiro atoms. The summed E-state index contributed by atoms with van der Waals surface area (Å²) in [4.78, 5) is 27.0. The van der Waals surface area contributed by atoms with Gasteiger partial charge >= 0.3 is 6.09 Å². The fraction of sp³-hybridized carbons (Fsp3) is 0.385. The molecule has 9 nitrogen and oxygen atoms in total. The molecule has 0 aliphatic rings. The number of ether oxygens (including phenoxy) is 3. The van der Waals surface area contributed by atoms with Crippen LogP contribution in [0.1, 0.15) is 5.56 Å². The fourth-order valence-electron chi connectivity index (χ4n) is 1.54. The molecule has 0 aliphatic heterocycles. The van der Waals surface area contributed by atoms with E-state index >= 15 is 0 Å². The van der Waals surface area contributed by atoms with E-state index in [1.54, 1.807) is 19.0 Å². The van der Waals surface area contributed by atoms with Crippen molar-refractivity contribution in [3.63, 3.8) is 0 Å². The minimum absolute atomic E-state index is 0.177. The van der Waals surface area contributed by atoms with Crippen LogP contribution in [0.5, 0.6) is 11.5 Å². The van der Waals surface area contributed by atoms with Gasteiger partial charge in [0.25, 0.3) is 5.69 Å². The lowest BCUT2D eigenvalue weighted by molar-refractivity contribution is -0.385. The number of nitrogens with zero attached hydrogens (tertiary/aromatic N) is 3. The van der Waals surface area contributed by atoms with Crippen LogP contribution in [0.2, 0.25) is 0 Å². The van der Waals surface area contributed by atoms with Crippen LogP contribution in [0.4, 0.5) is 10.5 Å². The van der Waals surface area contributed by atoms with Gasteiger partial charge in [-0.05, 0) is 6.07 Å². The summed E-state index contributed by atoms with van der Waals surface area (Å²) in [7, 11) is 6.16. The Bertz CT molecular complexity index is 585. The molecular weight excluding hydrogens is 294 g/mol. The molecule has 0 unspecified atom stereocenters. The van der Waals surface area contributed by atoms with E-state index in [4.69, 9.17) is 14.2 Å². The Kier molecular flexibility index (Phi) is 6.11. The van der Waals surface area contributed by atoms with E-state index in [9.17, 15) is 14.9 Å². The molecule has 1 amide bonds. The summed E-state index contributed by atoms with van der Waals surface area (Å²) in [6.07, 6.45) is 0.420. The molecule has 0 bridgehead atoms. The van der Waals surface area contributed by atoms with Gasteiger partial charge in [0, 0.05) is 14.1 Å². The van der Waals surface area contributed by atoms with Crippen LogP contribution in [0.3, 0.4) is 0 Å². The normalized spacial score (nSPS) is 10.4. The lowest BCUT2D eigenvalue weighted by Crippen LogP contribution is -2.10. The first-order valence-electron chi connectivity index (χ1n) is 6.15. The molecule has 1 aromatic rings. The van der Waals surface area contributed by atoms with E-state index in [1.807, 2.05) is 0 Å². The average molecular weight is 311 g/mol. The number of methoxy groups -OCH3 is 2. The van der Waals surface area contributed by atoms with E-state index < -0.39 is 11.0 Å². The Morgan fingerprint density at radius 3 is 2.41 bits per heavy atom. The number of carbonyl (C=O) groups is 1. The van der Waals surface area contributed by atoms with Crippen LogP contribution >= 0.6 is 0 Å². The average Bonchev–Trinajstić information content (AvgIpc) is 2.49. The number of nitro benzene ring substituents is 1. The lowest BCUT2D eigenvalue weighted by atomic mass is 10.1. The summed E-state index contributed by atoms with van der Waals surface area (Å²) in [6, 6.07) is 2.60. The minimum Gasteiger partial charge on any atom is -0.493 e. The monoisotopic (exact) mass is 311 g/mol. The molecule has 0 fully saturated rings. The summed E-state index contributed by atoms with van der Waals surface area (Å²) in [6.45, 7) is -0.305. The standard InChI is InChI=1S/C13H17N3O6/c1-15(2)8-14-13(17)22-7-9-5-11(20-3)12(21-4)6-10(9)16(18)19/h5-6,8H,7H2,1-4H3/b14-8+. The zero-order valence-corrected chi connectivity index (χ0v) is 12.7. The van der Waals surface area contributed by atoms with Gasteiger partial charge in [-0.3, -0.25) is 10.1 Å². The summed E-state index contributed by atoms with van der Waals surface area (Å²) < 4.78 is 15.0. The van der Waals surface area contributed by atoms with Gasteiger partial charge in [-0.25, -0.2) is 4.79 Å². The maximum Gasteiger partial charge on any atom is 0.435 e. The first-order chi connectivity index (χ1) is 10.4. The highest BCUT2D eigenvalue weighted by molar-refractivity contribution is 5.78. The molecule has 0 heterocycles. The Morgan fingerprint density at radius 1 is 1.32 bits per heavy atom. The molecule has 0 saturated carbocycles. The number of aliphatic imine (C=N–C) groups is 1. The first-order valence-corrected chi connectivity index (χ1v) is 6.15. The quantitative estimate of drug-likeness (QED) is 0.341. The zero-order valence-electron chi connectivity index (χ0n) is 12.7. The van der Waals surface area contributed by atoms with Crippen molar-refractivity contribution in [1.82, 2.24) is 4.90 Å². The fourth-order valence-corrected chi connectivity index (χ4v) is 1.54. The summed E-state index contributed by atoms with van der Waals surface area (Å²) >= 11 is 0. The van der Waals surface area contributed by atoms with Crippen LogP contribution in [0, 0.1) is 10.1 Å². The van der Waals surface area contributed by atoms with Gasteiger partial charge in [-0.1, -0.05) is 0 Å². The Labute approximate surface area is 127 Å². The highest BCUT2D eigenvalue weighted by Gasteiger charge is 2.20. The second-order valence-electron chi connectivity index (χ2n) is 4.36. The number of benzene rings is 1. The van der Waals surface area contributed by atoms with Gasteiger partial charge in [0.15, 0.2) is 11.5 Å². The van der Waals surface area contributed by atoms with Crippen molar-refractivity contribution in [1.29, 1.82) is 0 Å². The topological polar surface area (TPSA) is 104 Å². The number of nitro groups is 1. The first kappa shape index (κ1) is 17.2. The molecule has 22 heavy (non-hydrogen) atoms. The van der Waals surface area contributed by atoms with Crippen molar-refractivity contribution in [2.75, 3.05) is 28.3 Å².